The van der Waals surface area contributed by atoms with E-state index in [1.54, 1.807) is 0 Å². The molecule has 0 aromatic heterocycles. The number of nitrogens with one attached hydrogen (secondary N) is 1. The van der Waals surface area contributed by atoms with Gasteiger partial charge in [0.25, 0.3) is 0 Å². The van der Waals surface area contributed by atoms with Crippen LogP contribution in [0, 0.1) is 14.4 Å². The van der Waals surface area contributed by atoms with E-state index in [0.29, 0.717) is 6.61 Å². The van der Waals surface area contributed by atoms with Crippen molar-refractivity contribution in [2.75, 3.05) is 26.8 Å². The van der Waals surface area contributed by atoms with Gasteiger partial charge in [-0.15, -0.1) is 0 Å². The molecule has 0 atom stereocenters. The van der Waals surface area contributed by atoms with Gasteiger partial charge >= 0.3 is 0 Å². The van der Waals surface area contributed by atoms with Crippen LogP contribution in [0.25, 0.3) is 0 Å². The smallest absolute Gasteiger partial charge is 0.0442 e. The molecule has 0 aromatic carbocycles. The number of rotatable bonds is 5. The van der Waals surface area contributed by atoms with Crippen molar-refractivity contribution in [2.45, 2.75) is 6.42 Å². The van der Waals surface area contributed by atoms with Crippen molar-refractivity contribution in [2.24, 2.45) is 0 Å². The maximum Gasteiger partial charge on any atom is 0.0442 e. The first-order valence-electron chi connectivity index (χ1n) is 2.93. The summed E-state index contributed by atoms with van der Waals surface area (Å²) in [6, 6.07) is 0. The molecular weight excluding hydrogens is 203 g/mol. The van der Waals surface area contributed by atoms with E-state index in [-0.39, 0.29) is 40.1 Å². The zero-order valence-electron chi connectivity index (χ0n) is 7.02. The summed E-state index contributed by atoms with van der Waals surface area (Å²) in [5.74, 6) is 0. The minimum Gasteiger partial charge on any atom is -0.413 e. The van der Waals surface area contributed by atoms with Crippen LogP contribution in [-0.2, 0) is 37.4 Å². The van der Waals surface area contributed by atoms with Gasteiger partial charge in [0.05, 0.1) is 0 Å². The Bertz CT molecular complexity index is 38.6. The third-order valence-corrected chi connectivity index (χ3v) is 0.860. The van der Waals surface area contributed by atoms with Gasteiger partial charge in [-0.3, -0.25) is 0 Å². The molecule has 0 saturated carbocycles. The summed E-state index contributed by atoms with van der Waals surface area (Å²) in [7, 11) is 1.93. The number of hydrogen-bond donors (Lipinski definition) is 1. The zero-order chi connectivity index (χ0) is 6.24. The van der Waals surface area contributed by atoms with Gasteiger partial charge in [-0.1, -0.05) is 6.61 Å². The molecule has 3 heteroatoms. The molecule has 0 rings (SSSR count). The van der Waals surface area contributed by atoms with Crippen LogP contribution < -0.4 is 5.32 Å². The van der Waals surface area contributed by atoms with Crippen molar-refractivity contribution in [3.63, 3.8) is 0 Å². The van der Waals surface area contributed by atoms with Crippen molar-refractivity contribution in [1.29, 1.82) is 0 Å². The van der Waals surface area contributed by atoms with Crippen LogP contribution >= 0.6 is 0 Å². The Morgan fingerprint density at radius 2 is 2.10 bits per heavy atom. The molecule has 0 amide bonds. The van der Waals surface area contributed by atoms with E-state index in [1.807, 2.05) is 7.05 Å². The van der Waals surface area contributed by atoms with Gasteiger partial charge in [0.15, 0.2) is 0 Å². The molecule has 0 saturated heterocycles. The molecule has 61 valence electrons. The Kier molecular flexibility index (Phi) is 28.5. The summed E-state index contributed by atoms with van der Waals surface area (Å²) in [5.41, 5.74) is 0. The predicted octanol–water partition coefficient (Wildman–Crippen LogP) is 0.894. The van der Waals surface area contributed by atoms with Crippen molar-refractivity contribution < 1.29 is 37.4 Å². The minimum absolute atomic E-state index is 0. The summed E-state index contributed by atoms with van der Waals surface area (Å²) in [6.07, 6.45) is 1.08. The van der Waals surface area contributed by atoms with Crippen LogP contribution in [0.1, 0.15) is 6.42 Å². The quantitative estimate of drug-likeness (QED) is 0.549. The summed E-state index contributed by atoms with van der Waals surface area (Å²) < 4.78 is 4.98. The van der Waals surface area contributed by atoms with E-state index in [9.17, 15) is 0 Å². The third-order valence-electron chi connectivity index (χ3n) is 0.860. The molecule has 1 radical (unpaired) electrons. The van der Waals surface area contributed by atoms with E-state index in [4.69, 9.17) is 4.74 Å². The first-order valence-corrected chi connectivity index (χ1v) is 2.93. The minimum atomic E-state index is 0. The van der Waals surface area contributed by atoms with Crippen LogP contribution in [0.4, 0.5) is 0 Å². The van der Waals surface area contributed by atoms with Gasteiger partial charge in [-0.25, -0.2) is 0 Å². The van der Waals surface area contributed by atoms with E-state index in [1.165, 1.54) is 0 Å². The maximum absolute atomic E-state index is 4.98. The van der Waals surface area contributed by atoms with Gasteiger partial charge in [-0.2, -0.15) is 0 Å². The Morgan fingerprint density at radius 3 is 2.50 bits per heavy atom. The van der Waals surface area contributed by atoms with E-state index in [2.05, 4.69) is 12.2 Å². The topological polar surface area (TPSA) is 21.3 Å². The second-order valence-electron chi connectivity index (χ2n) is 1.57. The Balaban J connectivity index is -0.000000245. The molecule has 0 aromatic rings. The Hall–Kier alpha value is 1.02. The average molecular weight is 220 g/mol. The van der Waals surface area contributed by atoms with Crippen molar-refractivity contribution >= 4 is 0 Å². The van der Waals surface area contributed by atoms with Gasteiger partial charge in [0, 0.05) is 39.3 Å². The predicted molar refractivity (Wildman–Crippen MR) is 41.1 cm³/mol. The molecule has 0 fully saturated rings. The molecule has 10 heavy (non-hydrogen) atoms. The Morgan fingerprint density at radius 1 is 1.50 bits per heavy atom. The largest absolute Gasteiger partial charge is 0.413 e. The van der Waals surface area contributed by atoms with E-state index in [0.717, 1.165) is 19.6 Å². The number of hydrogen-bond acceptors (Lipinski definition) is 2. The monoisotopic (exact) mass is 220 g/mol. The van der Waals surface area contributed by atoms with Gasteiger partial charge in [0.2, 0.25) is 0 Å². The fraction of sp³-hybridized carbons (Fsp3) is 0.714. The fourth-order valence-electron chi connectivity index (χ4n) is 0.453. The van der Waals surface area contributed by atoms with E-state index >= 15 is 0 Å². The summed E-state index contributed by atoms with van der Waals surface area (Å²) in [4.78, 5) is 0. The average Bonchev–Trinajstić information content (AvgIpc) is 1.81. The second-order valence-corrected chi connectivity index (χ2v) is 1.57. The van der Waals surface area contributed by atoms with Crippen LogP contribution in [-0.4, -0.2) is 26.8 Å². The normalized spacial score (nSPS) is 7.80. The molecule has 0 heterocycles. The zero-order valence-corrected chi connectivity index (χ0v) is 9.86. The van der Waals surface area contributed by atoms with Crippen molar-refractivity contribution in [3.05, 3.63) is 14.4 Å². The van der Waals surface area contributed by atoms with Crippen LogP contribution in [0.2, 0.25) is 0 Å². The fourth-order valence-corrected chi connectivity index (χ4v) is 0.453. The van der Waals surface area contributed by atoms with Crippen LogP contribution in [0.15, 0.2) is 0 Å². The Labute approximate surface area is 90.0 Å². The third kappa shape index (κ3) is 16.0. The molecule has 0 bridgehead atoms. The second kappa shape index (κ2) is 16.5. The standard InChI is InChI=1S/C6H14NO.CH3.Y/c1-3-8-6-4-5-7-2;;/h7H,1,3-6H2,2H3;1H3;/q2*-1;. The van der Waals surface area contributed by atoms with Gasteiger partial charge in [-0.05, 0) is 20.0 Å². The van der Waals surface area contributed by atoms with Crippen LogP contribution in [0.5, 0.6) is 0 Å². The number of ether oxygens (including phenoxy) is 1. The molecule has 0 aliphatic heterocycles. The van der Waals surface area contributed by atoms with Crippen LogP contribution in [0.3, 0.4) is 0 Å². The van der Waals surface area contributed by atoms with Gasteiger partial charge in [0.1, 0.15) is 0 Å². The summed E-state index contributed by atoms with van der Waals surface area (Å²) in [6.45, 7) is 5.98. The molecule has 2 nitrogen and oxygen atoms in total. The molecule has 0 spiro atoms. The molecule has 0 aliphatic carbocycles. The van der Waals surface area contributed by atoms with Crippen molar-refractivity contribution in [1.82, 2.24) is 5.32 Å². The molecule has 1 N–H and O–H groups in total. The summed E-state index contributed by atoms with van der Waals surface area (Å²) in [5, 5.41) is 3.03. The van der Waals surface area contributed by atoms with Crippen molar-refractivity contribution in [3.8, 4) is 0 Å². The molecule has 0 unspecified atom stereocenters. The molecular formula is C7H17NOY-2. The van der Waals surface area contributed by atoms with E-state index < -0.39 is 0 Å². The molecule has 0 aliphatic rings. The SMILES string of the molecule is [CH2-]COCCCNC.[CH3-].[Y]. The first-order chi connectivity index (χ1) is 3.91. The maximum atomic E-state index is 4.98. The first kappa shape index (κ1) is 17.2. The van der Waals surface area contributed by atoms with Gasteiger partial charge < -0.3 is 24.4 Å². The summed E-state index contributed by atoms with van der Waals surface area (Å²) >= 11 is 0.